The molecule has 0 aliphatic heterocycles. The molecule has 1 heterocycles. The van der Waals surface area contributed by atoms with E-state index < -0.39 is 0 Å². The summed E-state index contributed by atoms with van der Waals surface area (Å²) >= 11 is 0. The molecule has 1 atom stereocenters. The van der Waals surface area contributed by atoms with E-state index in [1.54, 1.807) is 18.2 Å². The maximum Gasteiger partial charge on any atom is 0.291 e. The fraction of sp³-hybridized carbons (Fsp3) is 0.185. The zero-order chi connectivity index (χ0) is 22.3. The third kappa shape index (κ3) is 5.64. The van der Waals surface area contributed by atoms with Crippen molar-refractivity contribution in [3.8, 4) is 0 Å². The van der Waals surface area contributed by atoms with Crippen LogP contribution in [0.4, 0.5) is 5.69 Å². The highest BCUT2D eigenvalue weighted by molar-refractivity contribution is 6.04. The van der Waals surface area contributed by atoms with Crippen molar-refractivity contribution in [2.24, 2.45) is 0 Å². The quantitative estimate of drug-likeness (QED) is 0.398. The van der Waals surface area contributed by atoms with Gasteiger partial charge in [-0.15, -0.1) is 0 Å². The van der Waals surface area contributed by atoms with Crippen LogP contribution >= 0.6 is 0 Å². The average molecular weight is 427 g/mol. The van der Waals surface area contributed by atoms with Crippen molar-refractivity contribution in [1.29, 1.82) is 0 Å². The van der Waals surface area contributed by atoms with Gasteiger partial charge in [-0.2, -0.15) is 0 Å². The van der Waals surface area contributed by atoms with Crippen molar-refractivity contribution >= 4 is 28.5 Å². The van der Waals surface area contributed by atoms with E-state index in [2.05, 4.69) is 22.8 Å². The van der Waals surface area contributed by atoms with Crippen LogP contribution in [0.25, 0.3) is 11.0 Å². The Morgan fingerprint density at radius 3 is 2.34 bits per heavy atom. The Bertz CT molecular complexity index is 1160. The first-order valence-corrected chi connectivity index (χ1v) is 10.8. The second-order valence-corrected chi connectivity index (χ2v) is 7.97. The predicted molar refractivity (Wildman–Crippen MR) is 127 cm³/mol. The first kappa shape index (κ1) is 21.4. The lowest BCUT2D eigenvalue weighted by Crippen LogP contribution is -2.34. The lowest BCUT2D eigenvalue weighted by Gasteiger charge is -2.14. The number of amides is 2. The van der Waals surface area contributed by atoms with Crippen molar-refractivity contribution in [2.45, 2.75) is 32.2 Å². The highest BCUT2D eigenvalue weighted by Crippen LogP contribution is 2.20. The molecular formula is C27H26N2O3. The molecule has 5 nitrogen and oxygen atoms in total. The topological polar surface area (TPSA) is 71.3 Å². The van der Waals surface area contributed by atoms with E-state index in [4.69, 9.17) is 4.42 Å². The molecule has 1 unspecified atom stereocenters. The summed E-state index contributed by atoms with van der Waals surface area (Å²) < 4.78 is 5.60. The van der Waals surface area contributed by atoms with Crippen LogP contribution in [0, 0.1) is 0 Å². The first-order valence-electron chi connectivity index (χ1n) is 10.8. The van der Waals surface area contributed by atoms with Crippen LogP contribution in [0.15, 0.2) is 89.3 Å². The summed E-state index contributed by atoms with van der Waals surface area (Å²) in [6.45, 7) is 2.03. The van der Waals surface area contributed by atoms with Crippen LogP contribution in [0.3, 0.4) is 0 Å². The standard InChI is InChI=1S/C27H26N2O3/c1-19(11-12-20-7-3-2-4-8-20)28-26(30)17-21-13-15-23(16-14-21)29-27(31)25-18-22-9-5-6-10-24(22)32-25/h2-10,13-16,18-19H,11-12,17H2,1H3,(H,28,30)(H,29,31). The van der Waals surface area contributed by atoms with E-state index in [0.717, 1.165) is 23.8 Å². The van der Waals surface area contributed by atoms with E-state index in [0.29, 0.717) is 17.7 Å². The number of anilines is 1. The summed E-state index contributed by atoms with van der Waals surface area (Å²) in [6.07, 6.45) is 2.12. The maximum absolute atomic E-state index is 12.5. The molecule has 5 heteroatoms. The summed E-state index contributed by atoms with van der Waals surface area (Å²) in [6, 6.07) is 26.9. The van der Waals surface area contributed by atoms with Gasteiger partial charge >= 0.3 is 0 Å². The van der Waals surface area contributed by atoms with Crippen molar-refractivity contribution in [3.63, 3.8) is 0 Å². The minimum absolute atomic E-state index is 0.00961. The Morgan fingerprint density at radius 1 is 0.875 bits per heavy atom. The number of hydrogen-bond donors (Lipinski definition) is 2. The molecule has 3 aromatic carbocycles. The smallest absolute Gasteiger partial charge is 0.291 e. The molecule has 2 amide bonds. The van der Waals surface area contributed by atoms with Gasteiger partial charge in [-0.3, -0.25) is 9.59 Å². The molecule has 0 spiro atoms. The minimum atomic E-state index is -0.307. The number of hydrogen-bond acceptors (Lipinski definition) is 3. The molecule has 0 aliphatic carbocycles. The van der Waals surface area contributed by atoms with Crippen molar-refractivity contribution in [2.75, 3.05) is 5.32 Å². The molecule has 0 saturated carbocycles. The van der Waals surface area contributed by atoms with E-state index in [-0.39, 0.29) is 23.6 Å². The molecule has 0 fully saturated rings. The Kier molecular flexibility index (Phi) is 6.66. The normalized spacial score (nSPS) is 11.8. The Balaban J connectivity index is 1.26. The molecular weight excluding hydrogens is 400 g/mol. The van der Waals surface area contributed by atoms with Gasteiger partial charge in [-0.05, 0) is 55.2 Å². The van der Waals surface area contributed by atoms with Gasteiger partial charge < -0.3 is 15.1 Å². The maximum atomic E-state index is 12.5. The van der Waals surface area contributed by atoms with Crippen molar-refractivity contribution in [3.05, 3.63) is 102 Å². The summed E-state index contributed by atoms with van der Waals surface area (Å²) in [5.74, 6) is -0.0531. The third-order valence-electron chi connectivity index (χ3n) is 5.34. The van der Waals surface area contributed by atoms with Gasteiger partial charge in [0.25, 0.3) is 5.91 Å². The fourth-order valence-corrected chi connectivity index (χ4v) is 3.60. The lowest BCUT2D eigenvalue weighted by atomic mass is 10.1. The van der Waals surface area contributed by atoms with Crippen LogP contribution in [-0.4, -0.2) is 17.9 Å². The molecule has 0 radical (unpaired) electrons. The summed E-state index contributed by atoms with van der Waals surface area (Å²) in [7, 11) is 0. The van der Waals surface area contributed by atoms with Gasteiger partial charge in [0.15, 0.2) is 5.76 Å². The van der Waals surface area contributed by atoms with Crippen molar-refractivity contribution in [1.82, 2.24) is 5.32 Å². The molecule has 0 bridgehead atoms. The van der Waals surface area contributed by atoms with Gasteiger partial charge in [0.2, 0.25) is 5.91 Å². The summed E-state index contributed by atoms with van der Waals surface area (Å²) in [5, 5.41) is 6.78. The molecule has 4 aromatic rings. The van der Waals surface area contributed by atoms with Gasteiger partial charge in [0.05, 0.1) is 6.42 Å². The Labute approximate surface area is 187 Å². The van der Waals surface area contributed by atoms with Crippen LogP contribution < -0.4 is 10.6 Å². The zero-order valence-corrected chi connectivity index (χ0v) is 18.0. The molecule has 4 rings (SSSR count). The van der Waals surface area contributed by atoms with E-state index in [9.17, 15) is 9.59 Å². The minimum Gasteiger partial charge on any atom is -0.451 e. The van der Waals surface area contributed by atoms with E-state index in [1.807, 2.05) is 61.5 Å². The molecule has 32 heavy (non-hydrogen) atoms. The van der Waals surface area contributed by atoms with Crippen LogP contribution in [-0.2, 0) is 17.6 Å². The van der Waals surface area contributed by atoms with Crippen LogP contribution in [0.2, 0.25) is 0 Å². The molecule has 0 aliphatic rings. The number of carbonyl (C=O) groups excluding carboxylic acids is 2. The lowest BCUT2D eigenvalue weighted by molar-refractivity contribution is -0.121. The molecule has 162 valence electrons. The predicted octanol–water partition coefficient (Wildman–Crippen LogP) is 5.37. The zero-order valence-electron chi connectivity index (χ0n) is 18.0. The van der Waals surface area contributed by atoms with Gasteiger partial charge in [-0.1, -0.05) is 60.7 Å². The van der Waals surface area contributed by atoms with Gasteiger partial charge in [0.1, 0.15) is 5.58 Å². The van der Waals surface area contributed by atoms with E-state index in [1.165, 1.54) is 5.56 Å². The largest absolute Gasteiger partial charge is 0.451 e. The average Bonchev–Trinajstić information content (AvgIpc) is 3.24. The summed E-state index contributed by atoms with van der Waals surface area (Å²) in [4.78, 5) is 24.8. The first-order chi connectivity index (χ1) is 15.6. The van der Waals surface area contributed by atoms with Crippen LogP contribution in [0.5, 0.6) is 0 Å². The monoisotopic (exact) mass is 426 g/mol. The third-order valence-corrected chi connectivity index (χ3v) is 5.34. The second kappa shape index (κ2) is 9.96. The highest BCUT2D eigenvalue weighted by Gasteiger charge is 2.13. The summed E-state index contributed by atoms with van der Waals surface area (Å²) in [5.41, 5.74) is 3.49. The second-order valence-electron chi connectivity index (χ2n) is 7.97. The van der Waals surface area contributed by atoms with E-state index >= 15 is 0 Å². The Hall–Kier alpha value is -3.86. The number of carbonyl (C=O) groups is 2. The fourth-order valence-electron chi connectivity index (χ4n) is 3.60. The molecule has 0 saturated heterocycles. The number of para-hydroxylation sites is 1. The number of nitrogens with one attached hydrogen (secondary N) is 2. The van der Waals surface area contributed by atoms with Crippen molar-refractivity contribution < 1.29 is 14.0 Å². The number of rotatable bonds is 8. The number of furan rings is 1. The van der Waals surface area contributed by atoms with Gasteiger partial charge in [0, 0.05) is 17.1 Å². The number of fused-ring (bicyclic) bond motifs is 1. The molecule has 1 aromatic heterocycles. The number of benzene rings is 3. The number of aryl methyl sites for hydroxylation is 1. The highest BCUT2D eigenvalue weighted by atomic mass is 16.3. The Morgan fingerprint density at radius 2 is 1.59 bits per heavy atom. The SMILES string of the molecule is CC(CCc1ccccc1)NC(=O)Cc1ccc(NC(=O)c2cc3ccccc3o2)cc1. The molecule has 2 N–H and O–H groups in total. The van der Waals surface area contributed by atoms with Gasteiger partial charge in [-0.25, -0.2) is 0 Å². The van der Waals surface area contributed by atoms with Crippen LogP contribution in [0.1, 0.15) is 35.0 Å².